The molecule has 4 N–H and O–H groups in total. The monoisotopic (exact) mass is 534 g/mol. The zero-order valence-electron chi connectivity index (χ0n) is 21.7. The van der Waals surface area contributed by atoms with Crippen molar-refractivity contribution in [3.8, 4) is 39.4 Å². The third-order valence-corrected chi connectivity index (χ3v) is 7.35. The fourth-order valence-corrected chi connectivity index (χ4v) is 5.39. The van der Waals surface area contributed by atoms with E-state index in [2.05, 4.69) is 35.0 Å². The minimum Gasteiger partial charge on any atom is -0.492 e. The zero-order chi connectivity index (χ0) is 27.1. The SMILES string of the molecule is Nc1cncc(-c2cnc3[nH]nc(-c4cc5c(-c6cc(F)cc(OCCN7CCCC7)c6)ccnc5[nH]4)c3c2)c1. The number of fused-ring (bicyclic) bond motifs is 2. The second-order valence-corrected chi connectivity index (χ2v) is 10.1. The van der Waals surface area contributed by atoms with Crippen molar-refractivity contribution >= 4 is 27.8 Å². The lowest BCUT2D eigenvalue weighted by Crippen LogP contribution is -2.25. The number of nitrogens with one attached hydrogen (secondary N) is 2. The van der Waals surface area contributed by atoms with Gasteiger partial charge in [0.1, 0.15) is 29.5 Å². The number of anilines is 1. The molecule has 0 radical (unpaired) electrons. The summed E-state index contributed by atoms with van der Waals surface area (Å²) in [7, 11) is 0. The molecule has 40 heavy (non-hydrogen) atoms. The van der Waals surface area contributed by atoms with Crippen LogP contribution in [0.1, 0.15) is 12.8 Å². The average molecular weight is 535 g/mol. The average Bonchev–Trinajstić information content (AvgIpc) is 3.72. The number of H-pyrrole nitrogens is 2. The van der Waals surface area contributed by atoms with Crippen LogP contribution < -0.4 is 10.5 Å². The molecule has 10 heteroatoms. The Balaban J connectivity index is 1.23. The van der Waals surface area contributed by atoms with Crippen LogP contribution in [0.3, 0.4) is 0 Å². The number of nitrogens with two attached hydrogens (primary N) is 1. The fraction of sp³-hybridized carbons (Fsp3) is 0.200. The number of hydrogen-bond acceptors (Lipinski definition) is 7. The molecule has 200 valence electrons. The molecule has 9 nitrogen and oxygen atoms in total. The van der Waals surface area contributed by atoms with Gasteiger partial charge in [-0.3, -0.25) is 15.0 Å². The summed E-state index contributed by atoms with van der Waals surface area (Å²) in [5.74, 6) is 0.171. The molecule has 0 spiro atoms. The van der Waals surface area contributed by atoms with Gasteiger partial charge in [-0.1, -0.05) is 0 Å². The van der Waals surface area contributed by atoms with Crippen molar-refractivity contribution in [2.45, 2.75) is 12.8 Å². The van der Waals surface area contributed by atoms with Gasteiger partial charge >= 0.3 is 0 Å². The summed E-state index contributed by atoms with van der Waals surface area (Å²) in [6.07, 6.45) is 9.29. The van der Waals surface area contributed by atoms with Gasteiger partial charge in [-0.05, 0) is 73.5 Å². The minimum atomic E-state index is -0.345. The van der Waals surface area contributed by atoms with Gasteiger partial charge in [0, 0.05) is 59.3 Å². The largest absolute Gasteiger partial charge is 0.492 e. The van der Waals surface area contributed by atoms with Crippen LogP contribution in [0.4, 0.5) is 10.1 Å². The summed E-state index contributed by atoms with van der Waals surface area (Å²) in [6, 6.07) is 12.6. The lowest BCUT2D eigenvalue weighted by atomic mass is 10.0. The molecule has 5 aromatic heterocycles. The second kappa shape index (κ2) is 10.0. The van der Waals surface area contributed by atoms with E-state index in [4.69, 9.17) is 10.5 Å². The molecule has 1 aromatic carbocycles. The normalized spacial score (nSPS) is 13.9. The lowest BCUT2D eigenvalue weighted by molar-refractivity contribution is 0.237. The molecule has 0 atom stereocenters. The van der Waals surface area contributed by atoms with Crippen LogP contribution in [0.25, 0.3) is 55.7 Å². The molecule has 0 saturated carbocycles. The van der Waals surface area contributed by atoms with E-state index in [9.17, 15) is 4.39 Å². The Hall–Kier alpha value is -4.83. The van der Waals surface area contributed by atoms with E-state index in [1.807, 2.05) is 30.3 Å². The standard InChI is InChI=1S/C30H27FN8O/c31-21-9-18(11-23(13-21)40-8-7-39-5-1-2-6-39)24-3-4-34-29-25(24)14-27(36-29)28-26-12-20(16-35-30(26)38-37-28)19-10-22(32)17-33-15-19/h3-4,9-17H,1-2,5-8,32H2,(H,34,36)(H,35,37,38). The first-order valence-electron chi connectivity index (χ1n) is 13.3. The maximum absolute atomic E-state index is 14.7. The molecule has 0 aliphatic carbocycles. The molecule has 1 saturated heterocycles. The van der Waals surface area contributed by atoms with Crippen LogP contribution in [0.15, 0.2) is 67.3 Å². The molecule has 6 aromatic rings. The molecule has 1 aliphatic heterocycles. The minimum absolute atomic E-state index is 0.345. The van der Waals surface area contributed by atoms with Crippen molar-refractivity contribution in [3.63, 3.8) is 0 Å². The van der Waals surface area contributed by atoms with Crippen molar-refractivity contribution in [2.75, 3.05) is 32.0 Å². The highest BCUT2D eigenvalue weighted by atomic mass is 19.1. The molecule has 1 fully saturated rings. The molecule has 1 aliphatic rings. The number of benzene rings is 1. The van der Waals surface area contributed by atoms with Crippen molar-refractivity contribution in [1.82, 2.24) is 35.0 Å². The van der Waals surface area contributed by atoms with E-state index < -0.39 is 0 Å². The predicted molar refractivity (Wildman–Crippen MR) is 153 cm³/mol. The smallest absolute Gasteiger partial charge is 0.155 e. The first-order chi connectivity index (χ1) is 19.6. The van der Waals surface area contributed by atoms with Gasteiger partial charge in [0.05, 0.1) is 11.4 Å². The topological polar surface area (TPSA) is 122 Å². The summed E-state index contributed by atoms with van der Waals surface area (Å²) in [5.41, 5.74) is 12.6. The third kappa shape index (κ3) is 4.62. The third-order valence-electron chi connectivity index (χ3n) is 7.35. The molecule has 0 amide bonds. The number of pyridine rings is 3. The van der Waals surface area contributed by atoms with E-state index in [-0.39, 0.29) is 5.82 Å². The maximum atomic E-state index is 14.7. The van der Waals surface area contributed by atoms with Crippen LogP contribution in [0.5, 0.6) is 5.75 Å². The number of halogens is 1. The van der Waals surface area contributed by atoms with Crippen molar-refractivity contribution in [2.24, 2.45) is 0 Å². The Kier molecular flexibility index (Phi) is 6.09. The van der Waals surface area contributed by atoms with Gasteiger partial charge in [-0.15, -0.1) is 0 Å². The second-order valence-electron chi connectivity index (χ2n) is 10.1. The summed E-state index contributed by atoms with van der Waals surface area (Å²) < 4.78 is 20.7. The number of likely N-dealkylation sites (tertiary alicyclic amines) is 1. The fourth-order valence-electron chi connectivity index (χ4n) is 5.39. The van der Waals surface area contributed by atoms with Crippen molar-refractivity contribution in [3.05, 3.63) is 73.1 Å². The van der Waals surface area contributed by atoms with E-state index in [1.165, 1.54) is 25.0 Å². The molecule has 0 unspecified atom stereocenters. The van der Waals surface area contributed by atoms with E-state index in [0.717, 1.165) is 58.4 Å². The Morgan fingerprint density at radius 1 is 0.900 bits per heavy atom. The van der Waals surface area contributed by atoms with E-state index >= 15 is 0 Å². The number of aromatic amines is 2. The number of aromatic nitrogens is 6. The summed E-state index contributed by atoms with van der Waals surface area (Å²) in [6.45, 7) is 3.57. The highest BCUT2D eigenvalue weighted by Crippen LogP contribution is 2.35. The Labute approximate surface area is 229 Å². The van der Waals surface area contributed by atoms with E-state index in [1.54, 1.807) is 24.8 Å². The molecular formula is C30H27FN8O. The number of rotatable bonds is 7. The molecular weight excluding hydrogens is 507 g/mol. The van der Waals surface area contributed by atoms with Crippen LogP contribution in [0, 0.1) is 5.82 Å². The van der Waals surface area contributed by atoms with Crippen LogP contribution in [-0.2, 0) is 0 Å². The molecule has 7 rings (SSSR count). The van der Waals surface area contributed by atoms with Crippen LogP contribution in [0.2, 0.25) is 0 Å². The van der Waals surface area contributed by atoms with Gasteiger partial charge in [-0.25, -0.2) is 14.4 Å². The summed E-state index contributed by atoms with van der Waals surface area (Å²) in [5, 5.41) is 9.24. The predicted octanol–water partition coefficient (Wildman–Crippen LogP) is 5.43. The Morgan fingerprint density at radius 3 is 2.65 bits per heavy atom. The van der Waals surface area contributed by atoms with Crippen LogP contribution in [-0.4, -0.2) is 61.3 Å². The molecule has 0 bridgehead atoms. The first-order valence-corrected chi connectivity index (χ1v) is 13.3. The lowest BCUT2D eigenvalue weighted by Gasteiger charge is -2.15. The highest BCUT2D eigenvalue weighted by molar-refractivity contribution is 6.00. The van der Waals surface area contributed by atoms with Gasteiger partial charge in [0.2, 0.25) is 0 Å². The number of hydrogen-bond donors (Lipinski definition) is 3. The zero-order valence-corrected chi connectivity index (χ0v) is 21.7. The van der Waals surface area contributed by atoms with Crippen LogP contribution >= 0.6 is 0 Å². The Bertz CT molecular complexity index is 1840. The summed E-state index contributed by atoms with van der Waals surface area (Å²) >= 11 is 0. The highest BCUT2D eigenvalue weighted by Gasteiger charge is 2.17. The maximum Gasteiger partial charge on any atom is 0.155 e. The van der Waals surface area contributed by atoms with Gasteiger partial charge in [0.25, 0.3) is 0 Å². The van der Waals surface area contributed by atoms with Gasteiger partial charge in [0.15, 0.2) is 5.65 Å². The number of nitrogens with zero attached hydrogens (tertiary/aromatic N) is 5. The van der Waals surface area contributed by atoms with Crippen molar-refractivity contribution in [1.29, 1.82) is 0 Å². The quantitative estimate of drug-likeness (QED) is 0.250. The van der Waals surface area contributed by atoms with Gasteiger partial charge in [-0.2, -0.15) is 5.10 Å². The molecule has 6 heterocycles. The van der Waals surface area contributed by atoms with Crippen molar-refractivity contribution < 1.29 is 9.13 Å². The van der Waals surface area contributed by atoms with E-state index in [0.29, 0.717) is 35.0 Å². The summed E-state index contributed by atoms with van der Waals surface area (Å²) in [4.78, 5) is 19.0. The van der Waals surface area contributed by atoms with Gasteiger partial charge < -0.3 is 15.5 Å². The number of ether oxygens (including phenoxy) is 1. The Morgan fingerprint density at radius 2 is 1.77 bits per heavy atom. The first kappa shape index (κ1) is 24.2. The number of nitrogen functional groups attached to an aromatic ring is 1.